The smallest absolute Gasteiger partial charge is 0.126 e. The third-order valence-corrected chi connectivity index (χ3v) is 3.98. The van der Waals surface area contributed by atoms with E-state index in [1.54, 1.807) is 0 Å². The van der Waals surface area contributed by atoms with Crippen molar-refractivity contribution >= 4 is 0 Å². The SMILES string of the molecule is CCCNC1CCC(C)(c2cc(F)cc(F)c2)C1. The van der Waals surface area contributed by atoms with E-state index in [0.717, 1.165) is 43.9 Å². The van der Waals surface area contributed by atoms with Gasteiger partial charge >= 0.3 is 0 Å². The van der Waals surface area contributed by atoms with Gasteiger partial charge in [-0.3, -0.25) is 0 Å². The van der Waals surface area contributed by atoms with Crippen molar-refractivity contribution in [2.75, 3.05) is 6.54 Å². The lowest BCUT2D eigenvalue weighted by Crippen LogP contribution is -2.29. The van der Waals surface area contributed by atoms with Gasteiger partial charge in [0.25, 0.3) is 0 Å². The monoisotopic (exact) mass is 253 g/mol. The van der Waals surface area contributed by atoms with Gasteiger partial charge in [0, 0.05) is 12.1 Å². The molecular formula is C15H21F2N. The Kier molecular flexibility index (Phi) is 4.00. The fourth-order valence-corrected chi connectivity index (χ4v) is 2.93. The van der Waals surface area contributed by atoms with Crippen LogP contribution in [-0.4, -0.2) is 12.6 Å². The van der Waals surface area contributed by atoms with Crippen LogP contribution in [0.4, 0.5) is 8.78 Å². The van der Waals surface area contributed by atoms with Crippen molar-refractivity contribution in [2.45, 2.75) is 51.0 Å². The highest BCUT2D eigenvalue weighted by molar-refractivity contribution is 5.28. The van der Waals surface area contributed by atoms with Crippen molar-refractivity contribution < 1.29 is 8.78 Å². The summed E-state index contributed by atoms with van der Waals surface area (Å²) in [5.41, 5.74) is 0.690. The molecule has 0 radical (unpaired) electrons. The number of hydrogen-bond donors (Lipinski definition) is 1. The molecule has 0 aliphatic heterocycles. The maximum Gasteiger partial charge on any atom is 0.126 e. The molecule has 1 aromatic carbocycles. The summed E-state index contributed by atoms with van der Waals surface area (Å²) in [6.07, 6.45) is 4.13. The average molecular weight is 253 g/mol. The summed E-state index contributed by atoms with van der Waals surface area (Å²) in [6.45, 7) is 5.26. The van der Waals surface area contributed by atoms with Crippen LogP contribution >= 0.6 is 0 Å². The Hall–Kier alpha value is -0.960. The molecule has 18 heavy (non-hydrogen) atoms. The minimum absolute atomic E-state index is 0.103. The molecule has 1 aromatic rings. The molecule has 1 fully saturated rings. The molecule has 100 valence electrons. The van der Waals surface area contributed by atoms with E-state index in [0.29, 0.717) is 6.04 Å². The van der Waals surface area contributed by atoms with Crippen LogP contribution in [0.15, 0.2) is 18.2 Å². The van der Waals surface area contributed by atoms with Gasteiger partial charge in [-0.05, 0) is 55.3 Å². The molecule has 3 heteroatoms. The summed E-state index contributed by atoms with van der Waals surface area (Å²) >= 11 is 0. The first-order chi connectivity index (χ1) is 8.53. The summed E-state index contributed by atoms with van der Waals surface area (Å²) in [7, 11) is 0. The summed E-state index contributed by atoms with van der Waals surface area (Å²) < 4.78 is 26.6. The number of halogens is 2. The van der Waals surface area contributed by atoms with Crippen LogP contribution in [0.3, 0.4) is 0 Å². The second-order valence-electron chi connectivity index (χ2n) is 5.61. The van der Waals surface area contributed by atoms with Crippen LogP contribution in [0.2, 0.25) is 0 Å². The molecule has 0 heterocycles. The Morgan fingerprint density at radius 2 is 1.94 bits per heavy atom. The molecule has 0 bridgehead atoms. The van der Waals surface area contributed by atoms with E-state index in [2.05, 4.69) is 19.2 Å². The van der Waals surface area contributed by atoms with Crippen molar-refractivity contribution in [3.63, 3.8) is 0 Å². The Bertz CT molecular complexity index is 399. The number of hydrogen-bond acceptors (Lipinski definition) is 1. The summed E-state index contributed by atoms with van der Waals surface area (Å²) in [4.78, 5) is 0. The Balaban J connectivity index is 2.12. The molecule has 0 aromatic heterocycles. The standard InChI is InChI=1S/C15H21F2N/c1-3-6-18-14-4-5-15(2,10-14)11-7-12(16)9-13(17)8-11/h7-9,14,18H,3-6,10H2,1-2H3. The van der Waals surface area contributed by atoms with Gasteiger partial charge in [-0.15, -0.1) is 0 Å². The van der Waals surface area contributed by atoms with Gasteiger partial charge in [0.1, 0.15) is 11.6 Å². The first-order valence-electron chi connectivity index (χ1n) is 6.73. The molecule has 2 unspecified atom stereocenters. The number of benzene rings is 1. The highest BCUT2D eigenvalue weighted by atomic mass is 19.1. The van der Waals surface area contributed by atoms with Gasteiger partial charge in [0.2, 0.25) is 0 Å². The zero-order valence-corrected chi connectivity index (χ0v) is 11.1. The van der Waals surface area contributed by atoms with E-state index < -0.39 is 11.6 Å². The van der Waals surface area contributed by atoms with Gasteiger partial charge < -0.3 is 5.32 Å². The third kappa shape index (κ3) is 2.89. The van der Waals surface area contributed by atoms with Gasteiger partial charge in [-0.2, -0.15) is 0 Å². The minimum atomic E-state index is -0.476. The molecule has 1 saturated carbocycles. The van der Waals surface area contributed by atoms with Gasteiger partial charge in [-0.25, -0.2) is 8.78 Å². The lowest BCUT2D eigenvalue weighted by molar-refractivity contribution is 0.446. The molecule has 2 atom stereocenters. The first kappa shape index (κ1) is 13.5. The van der Waals surface area contributed by atoms with Crippen LogP contribution in [-0.2, 0) is 5.41 Å². The molecular weight excluding hydrogens is 232 g/mol. The second kappa shape index (κ2) is 5.35. The van der Waals surface area contributed by atoms with E-state index in [-0.39, 0.29) is 5.41 Å². The number of nitrogens with one attached hydrogen (secondary N) is 1. The van der Waals surface area contributed by atoms with E-state index in [4.69, 9.17) is 0 Å². The van der Waals surface area contributed by atoms with E-state index >= 15 is 0 Å². The lowest BCUT2D eigenvalue weighted by Gasteiger charge is -2.25. The quantitative estimate of drug-likeness (QED) is 0.861. The topological polar surface area (TPSA) is 12.0 Å². The summed E-state index contributed by atoms with van der Waals surface area (Å²) in [5.74, 6) is -0.951. The highest BCUT2D eigenvalue weighted by Gasteiger charge is 2.36. The summed E-state index contributed by atoms with van der Waals surface area (Å²) in [6, 6.07) is 4.37. The van der Waals surface area contributed by atoms with Gasteiger partial charge in [0.05, 0.1) is 0 Å². The zero-order valence-electron chi connectivity index (χ0n) is 11.1. The molecule has 0 spiro atoms. The Labute approximate surface area is 108 Å². The average Bonchev–Trinajstić information content (AvgIpc) is 2.69. The molecule has 1 aliphatic carbocycles. The Morgan fingerprint density at radius 1 is 1.28 bits per heavy atom. The Morgan fingerprint density at radius 3 is 2.56 bits per heavy atom. The maximum atomic E-state index is 13.3. The third-order valence-electron chi connectivity index (χ3n) is 3.98. The van der Waals surface area contributed by atoms with E-state index in [1.807, 2.05) is 0 Å². The normalized spacial score (nSPS) is 27.7. The molecule has 1 nitrogen and oxygen atoms in total. The van der Waals surface area contributed by atoms with Crippen LogP contribution in [0.1, 0.15) is 45.1 Å². The van der Waals surface area contributed by atoms with Crippen LogP contribution in [0.5, 0.6) is 0 Å². The molecule has 0 saturated heterocycles. The van der Waals surface area contributed by atoms with Crippen LogP contribution in [0.25, 0.3) is 0 Å². The van der Waals surface area contributed by atoms with Crippen molar-refractivity contribution in [2.24, 2.45) is 0 Å². The van der Waals surface area contributed by atoms with Crippen molar-refractivity contribution in [3.8, 4) is 0 Å². The number of rotatable bonds is 4. The molecule has 2 rings (SSSR count). The molecule has 1 N–H and O–H groups in total. The van der Waals surface area contributed by atoms with Crippen LogP contribution in [0, 0.1) is 11.6 Å². The highest BCUT2D eigenvalue weighted by Crippen LogP contribution is 2.41. The first-order valence-corrected chi connectivity index (χ1v) is 6.73. The molecule has 1 aliphatic rings. The van der Waals surface area contributed by atoms with Gasteiger partial charge in [-0.1, -0.05) is 13.8 Å². The van der Waals surface area contributed by atoms with Crippen LogP contribution < -0.4 is 5.32 Å². The lowest BCUT2D eigenvalue weighted by atomic mass is 9.80. The zero-order chi connectivity index (χ0) is 13.2. The summed E-state index contributed by atoms with van der Waals surface area (Å²) in [5, 5.41) is 3.50. The van der Waals surface area contributed by atoms with Gasteiger partial charge in [0.15, 0.2) is 0 Å². The van der Waals surface area contributed by atoms with Crippen molar-refractivity contribution in [3.05, 3.63) is 35.4 Å². The fraction of sp³-hybridized carbons (Fsp3) is 0.600. The second-order valence-corrected chi connectivity index (χ2v) is 5.61. The van der Waals surface area contributed by atoms with E-state index in [1.165, 1.54) is 12.1 Å². The largest absolute Gasteiger partial charge is 0.314 e. The predicted octanol–water partition coefficient (Wildman–Crippen LogP) is 3.77. The minimum Gasteiger partial charge on any atom is -0.314 e. The predicted molar refractivity (Wildman–Crippen MR) is 69.6 cm³/mol. The van der Waals surface area contributed by atoms with Crippen molar-refractivity contribution in [1.82, 2.24) is 5.32 Å². The van der Waals surface area contributed by atoms with Crippen molar-refractivity contribution in [1.29, 1.82) is 0 Å². The fourth-order valence-electron chi connectivity index (χ4n) is 2.93. The van der Waals surface area contributed by atoms with E-state index in [9.17, 15) is 8.78 Å². The maximum absolute atomic E-state index is 13.3. The molecule has 0 amide bonds.